The number of carbonyl (C=O) groups is 3. The molecule has 8 nitrogen and oxygen atoms in total. The summed E-state index contributed by atoms with van der Waals surface area (Å²) < 4.78 is 10.4. The monoisotopic (exact) mass is 429 g/mol. The Labute approximate surface area is 183 Å². The van der Waals surface area contributed by atoms with Crippen molar-refractivity contribution in [3.05, 3.63) is 29.8 Å². The normalized spacial score (nSPS) is 21.3. The highest BCUT2D eigenvalue weighted by Gasteiger charge is 2.35. The number of morpholine rings is 1. The molecule has 3 aliphatic heterocycles. The van der Waals surface area contributed by atoms with Crippen LogP contribution in [0.3, 0.4) is 0 Å². The van der Waals surface area contributed by atoms with Crippen LogP contribution in [0.15, 0.2) is 24.3 Å². The van der Waals surface area contributed by atoms with Gasteiger partial charge in [0, 0.05) is 50.2 Å². The highest BCUT2D eigenvalue weighted by molar-refractivity contribution is 5.94. The Kier molecular flexibility index (Phi) is 6.75. The van der Waals surface area contributed by atoms with Gasteiger partial charge in [-0.1, -0.05) is 0 Å². The largest absolute Gasteiger partial charge is 0.497 e. The third-order valence-corrected chi connectivity index (χ3v) is 6.71. The molecule has 0 aliphatic carbocycles. The highest BCUT2D eigenvalue weighted by atomic mass is 16.5. The Morgan fingerprint density at radius 3 is 2.19 bits per heavy atom. The van der Waals surface area contributed by atoms with Crippen molar-refractivity contribution in [2.24, 2.45) is 5.92 Å². The molecule has 168 valence electrons. The Balaban J connectivity index is 1.25. The summed E-state index contributed by atoms with van der Waals surface area (Å²) in [6.07, 6.45) is 3.05. The van der Waals surface area contributed by atoms with Gasteiger partial charge in [-0.05, 0) is 49.9 Å². The van der Waals surface area contributed by atoms with Crippen molar-refractivity contribution in [2.45, 2.75) is 31.7 Å². The molecule has 3 amide bonds. The molecule has 1 aromatic rings. The molecule has 0 aromatic heterocycles. The predicted octanol–water partition coefficient (Wildman–Crippen LogP) is 1.40. The van der Waals surface area contributed by atoms with Gasteiger partial charge >= 0.3 is 0 Å². The zero-order valence-corrected chi connectivity index (χ0v) is 18.1. The van der Waals surface area contributed by atoms with Crippen molar-refractivity contribution >= 4 is 17.7 Å². The zero-order chi connectivity index (χ0) is 21.8. The van der Waals surface area contributed by atoms with Gasteiger partial charge in [0.1, 0.15) is 12.4 Å². The average Bonchev–Trinajstić information content (AvgIpc) is 2.84. The van der Waals surface area contributed by atoms with E-state index in [1.165, 1.54) is 0 Å². The maximum absolute atomic E-state index is 13.0. The summed E-state index contributed by atoms with van der Waals surface area (Å²) in [4.78, 5) is 43.5. The molecular weight excluding hydrogens is 398 g/mol. The first-order valence-corrected chi connectivity index (χ1v) is 11.2. The summed E-state index contributed by atoms with van der Waals surface area (Å²) in [5, 5.41) is 0. The van der Waals surface area contributed by atoms with Gasteiger partial charge in [-0.25, -0.2) is 0 Å². The predicted molar refractivity (Wildman–Crippen MR) is 114 cm³/mol. The van der Waals surface area contributed by atoms with Crippen molar-refractivity contribution in [3.8, 4) is 5.75 Å². The fourth-order valence-electron chi connectivity index (χ4n) is 4.82. The van der Waals surface area contributed by atoms with Crippen LogP contribution >= 0.6 is 0 Å². The fraction of sp³-hybridized carbons (Fsp3) is 0.609. The van der Waals surface area contributed by atoms with Crippen LogP contribution < -0.4 is 4.74 Å². The maximum Gasteiger partial charge on any atom is 0.253 e. The van der Waals surface area contributed by atoms with E-state index in [9.17, 15) is 14.4 Å². The molecule has 3 fully saturated rings. The molecule has 0 radical (unpaired) electrons. The molecule has 0 unspecified atom stereocenters. The van der Waals surface area contributed by atoms with E-state index in [-0.39, 0.29) is 36.3 Å². The first-order chi connectivity index (χ1) is 15.1. The summed E-state index contributed by atoms with van der Waals surface area (Å²) in [6, 6.07) is 7.35. The lowest BCUT2D eigenvalue weighted by Crippen LogP contribution is -2.53. The minimum absolute atomic E-state index is 0.00421. The Bertz CT molecular complexity index is 796. The molecule has 4 rings (SSSR count). The third-order valence-electron chi connectivity index (χ3n) is 6.71. The van der Waals surface area contributed by atoms with Gasteiger partial charge in [0.05, 0.1) is 13.7 Å². The van der Waals surface area contributed by atoms with Crippen LogP contribution in [0.4, 0.5) is 0 Å². The first-order valence-electron chi connectivity index (χ1n) is 11.2. The van der Waals surface area contributed by atoms with E-state index in [4.69, 9.17) is 9.47 Å². The molecule has 0 atom stereocenters. The number of rotatable bonds is 4. The standard InChI is InChI=1S/C23H31N3O5/c1-30-20-4-2-17(3-5-20)22(28)24-10-6-18(7-11-24)23(29)25-12-8-19(9-13-25)26-14-15-31-16-21(26)27/h2-5,18-19H,6-16H2,1H3. The number of piperidine rings is 2. The van der Waals surface area contributed by atoms with E-state index in [1.54, 1.807) is 31.4 Å². The smallest absolute Gasteiger partial charge is 0.253 e. The number of carbonyl (C=O) groups excluding carboxylic acids is 3. The summed E-state index contributed by atoms with van der Waals surface area (Å²) in [5.74, 6) is 0.960. The van der Waals surface area contributed by atoms with Crippen molar-refractivity contribution in [1.29, 1.82) is 0 Å². The maximum atomic E-state index is 13.0. The lowest BCUT2D eigenvalue weighted by Gasteiger charge is -2.41. The second kappa shape index (κ2) is 9.68. The van der Waals surface area contributed by atoms with Gasteiger partial charge in [-0.3, -0.25) is 14.4 Å². The van der Waals surface area contributed by atoms with Gasteiger partial charge in [0.25, 0.3) is 5.91 Å². The van der Waals surface area contributed by atoms with E-state index < -0.39 is 0 Å². The third kappa shape index (κ3) is 4.84. The minimum Gasteiger partial charge on any atom is -0.497 e. The molecule has 1 aromatic carbocycles. The van der Waals surface area contributed by atoms with Crippen molar-refractivity contribution < 1.29 is 23.9 Å². The molecule has 0 bridgehead atoms. The number of amides is 3. The minimum atomic E-state index is -0.0264. The van der Waals surface area contributed by atoms with Crippen LogP contribution in [-0.2, 0) is 14.3 Å². The summed E-state index contributed by atoms with van der Waals surface area (Å²) in [7, 11) is 1.60. The van der Waals surface area contributed by atoms with Gasteiger partial charge in [-0.15, -0.1) is 0 Å². The molecule has 0 N–H and O–H groups in total. The van der Waals surface area contributed by atoms with Crippen LogP contribution in [0, 0.1) is 5.92 Å². The van der Waals surface area contributed by atoms with Crippen LogP contribution in [0.2, 0.25) is 0 Å². The molecule has 31 heavy (non-hydrogen) atoms. The van der Waals surface area contributed by atoms with E-state index >= 15 is 0 Å². The number of methoxy groups -OCH3 is 1. The Morgan fingerprint density at radius 1 is 0.935 bits per heavy atom. The van der Waals surface area contributed by atoms with E-state index in [2.05, 4.69) is 0 Å². The summed E-state index contributed by atoms with van der Waals surface area (Å²) >= 11 is 0. The van der Waals surface area contributed by atoms with Crippen LogP contribution in [0.25, 0.3) is 0 Å². The molecule has 3 aliphatic rings. The number of hydrogen-bond donors (Lipinski definition) is 0. The lowest BCUT2D eigenvalue weighted by molar-refractivity contribution is -0.148. The van der Waals surface area contributed by atoms with Crippen LogP contribution in [0.5, 0.6) is 5.75 Å². The number of ether oxygens (including phenoxy) is 2. The number of likely N-dealkylation sites (tertiary alicyclic amines) is 2. The zero-order valence-electron chi connectivity index (χ0n) is 18.1. The average molecular weight is 430 g/mol. The molecule has 0 saturated carbocycles. The van der Waals surface area contributed by atoms with Crippen molar-refractivity contribution in [3.63, 3.8) is 0 Å². The van der Waals surface area contributed by atoms with Gasteiger partial charge in [0.15, 0.2) is 0 Å². The van der Waals surface area contributed by atoms with Gasteiger partial charge in [0.2, 0.25) is 11.8 Å². The van der Waals surface area contributed by atoms with E-state index in [0.717, 1.165) is 18.6 Å². The summed E-state index contributed by atoms with van der Waals surface area (Å²) in [6.45, 7) is 4.00. The number of nitrogens with zero attached hydrogens (tertiary/aromatic N) is 3. The quantitative estimate of drug-likeness (QED) is 0.723. The highest BCUT2D eigenvalue weighted by Crippen LogP contribution is 2.25. The van der Waals surface area contributed by atoms with Gasteiger partial charge in [-0.2, -0.15) is 0 Å². The fourth-order valence-corrected chi connectivity index (χ4v) is 4.82. The second-order valence-corrected chi connectivity index (χ2v) is 8.49. The topological polar surface area (TPSA) is 79.4 Å². The lowest BCUT2D eigenvalue weighted by atomic mass is 9.93. The van der Waals surface area contributed by atoms with Crippen molar-refractivity contribution in [1.82, 2.24) is 14.7 Å². The Hall–Kier alpha value is -2.61. The molecule has 8 heteroatoms. The van der Waals surface area contributed by atoms with Crippen LogP contribution in [-0.4, -0.2) is 91.5 Å². The first kappa shape index (κ1) is 21.6. The molecule has 3 saturated heterocycles. The SMILES string of the molecule is COc1ccc(C(=O)N2CCC(C(=O)N3CCC(N4CCOCC4=O)CC3)CC2)cc1. The summed E-state index contributed by atoms with van der Waals surface area (Å²) in [5.41, 5.74) is 0.644. The molecule has 3 heterocycles. The molecule has 0 spiro atoms. The second-order valence-electron chi connectivity index (χ2n) is 8.49. The van der Waals surface area contributed by atoms with Crippen LogP contribution in [0.1, 0.15) is 36.0 Å². The molecular formula is C23H31N3O5. The van der Waals surface area contributed by atoms with Gasteiger partial charge < -0.3 is 24.2 Å². The number of hydrogen-bond acceptors (Lipinski definition) is 5. The van der Waals surface area contributed by atoms with Crippen molar-refractivity contribution in [2.75, 3.05) is 53.0 Å². The Morgan fingerprint density at radius 2 is 1.58 bits per heavy atom. The number of benzene rings is 1. The van der Waals surface area contributed by atoms with E-state index in [0.29, 0.717) is 57.7 Å². The van der Waals surface area contributed by atoms with E-state index in [1.807, 2.05) is 14.7 Å².